The molecule has 0 atom stereocenters. The normalized spacial score (nSPS) is 11.9. The van der Waals surface area contributed by atoms with Gasteiger partial charge in [-0.1, -0.05) is 127 Å². The van der Waals surface area contributed by atoms with E-state index in [1.807, 2.05) is 146 Å². The van der Waals surface area contributed by atoms with E-state index in [1.165, 1.54) is 0 Å². The van der Waals surface area contributed by atoms with E-state index in [2.05, 4.69) is 18.2 Å². The Morgan fingerprint density at radius 1 is 0.298 bits per heavy atom. The fourth-order valence-electron chi connectivity index (χ4n) is 7.97. The summed E-state index contributed by atoms with van der Waals surface area (Å²) in [5.41, 5.74) is 9.78. The Kier molecular flexibility index (Phi) is 6.76. The van der Waals surface area contributed by atoms with Crippen molar-refractivity contribution in [2.24, 2.45) is 0 Å². The summed E-state index contributed by atoms with van der Waals surface area (Å²) in [5, 5.41) is 4.73. The van der Waals surface area contributed by atoms with Gasteiger partial charge in [-0.25, -0.2) is 24.9 Å². The first-order valence-electron chi connectivity index (χ1n) is 18.7. The molecule has 0 aliphatic heterocycles. The minimum Gasteiger partial charge on any atom is -0.455 e. The van der Waals surface area contributed by atoms with Crippen molar-refractivity contribution in [3.05, 3.63) is 164 Å². The summed E-state index contributed by atoms with van der Waals surface area (Å²) in [6.07, 6.45) is 0. The predicted octanol–water partition coefficient (Wildman–Crippen LogP) is 12.7. The minimum atomic E-state index is 0.510. The molecule has 0 fully saturated rings. The van der Waals surface area contributed by atoms with Gasteiger partial charge in [0.05, 0.1) is 5.56 Å². The molecule has 12 aromatic rings. The van der Waals surface area contributed by atoms with E-state index in [1.54, 1.807) is 0 Å². The number of hydrogen-bond donors (Lipinski definition) is 0. The van der Waals surface area contributed by atoms with Crippen LogP contribution in [0, 0.1) is 0 Å². The number of furan rings is 3. The van der Waals surface area contributed by atoms with E-state index < -0.39 is 0 Å². The van der Waals surface area contributed by atoms with Crippen LogP contribution in [0.2, 0.25) is 0 Å². The van der Waals surface area contributed by atoms with Gasteiger partial charge < -0.3 is 13.3 Å². The van der Waals surface area contributed by atoms with Gasteiger partial charge in [-0.05, 0) is 36.4 Å². The van der Waals surface area contributed by atoms with E-state index in [-0.39, 0.29) is 0 Å². The first-order valence-corrected chi connectivity index (χ1v) is 18.7. The van der Waals surface area contributed by atoms with E-state index in [9.17, 15) is 0 Å². The monoisotopic (exact) mass is 733 g/mol. The van der Waals surface area contributed by atoms with Gasteiger partial charge in [-0.15, -0.1) is 0 Å². The van der Waals surface area contributed by atoms with Crippen molar-refractivity contribution in [2.75, 3.05) is 0 Å². The highest BCUT2D eigenvalue weighted by Crippen LogP contribution is 2.43. The second kappa shape index (κ2) is 12.3. The summed E-state index contributed by atoms with van der Waals surface area (Å²) < 4.78 is 19.8. The Hall–Kier alpha value is -7.97. The molecule has 57 heavy (non-hydrogen) atoms. The van der Waals surface area contributed by atoms with Gasteiger partial charge in [0.1, 0.15) is 39.1 Å². The van der Waals surface area contributed by atoms with Crippen LogP contribution in [0.1, 0.15) is 0 Å². The SMILES string of the molecule is c1ccc(-c2nc(-c3cccc4c3oc3ccccc34)nc(-c3cccc4oc5c(-c6nc(-c7ccccc7)nc7c6oc6ccccc67)cccc5c34)n2)cc1. The fraction of sp³-hybridized carbons (Fsp3) is 0. The van der Waals surface area contributed by atoms with Crippen LogP contribution in [-0.2, 0) is 0 Å². The molecule has 0 saturated carbocycles. The van der Waals surface area contributed by atoms with Gasteiger partial charge in [0.15, 0.2) is 28.9 Å². The third-order valence-corrected chi connectivity index (χ3v) is 10.6. The second-order valence-electron chi connectivity index (χ2n) is 14.0. The quantitative estimate of drug-likeness (QED) is 0.172. The first-order chi connectivity index (χ1) is 28.2. The smallest absolute Gasteiger partial charge is 0.180 e. The zero-order valence-electron chi connectivity index (χ0n) is 30.0. The van der Waals surface area contributed by atoms with Gasteiger partial charge in [-0.2, -0.15) is 0 Å². The molecule has 0 saturated heterocycles. The summed E-state index contributed by atoms with van der Waals surface area (Å²) in [5.74, 6) is 2.18. The molecule has 12 rings (SSSR count). The lowest BCUT2D eigenvalue weighted by Crippen LogP contribution is -2.00. The van der Waals surface area contributed by atoms with Crippen molar-refractivity contribution in [1.29, 1.82) is 0 Å². The lowest BCUT2D eigenvalue weighted by Gasteiger charge is -2.09. The number of fused-ring (bicyclic) bond motifs is 9. The van der Waals surface area contributed by atoms with E-state index in [0.717, 1.165) is 77.0 Å². The topological polar surface area (TPSA) is 104 Å². The van der Waals surface area contributed by atoms with Crippen molar-refractivity contribution in [2.45, 2.75) is 0 Å². The molecule has 0 bridgehead atoms. The predicted molar refractivity (Wildman–Crippen MR) is 224 cm³/mol. The van der Waals surface area contributed by atoms with Crippen molar-refractivity contribution in [3.63, 3.8) is 0 Å². The summed E-state index contributed by atoms with van der Waals surface area (Å²) in [6, 6.07) is 54.2. The van der Waals surface area contributed by atoms with Gasteiger partial charge in [-0.3, -0.25) is 0 Å². The van der Waals surface area contributed by atoms with Gasteiger partial charge in [0.25, 0.3) is 0 Å². The zero-order chi connectivity index (χ0) is 37.5. The fourth-order valence-corrected chi connectivity index (χ4v) is 7.97. The number of aromatic nitrogens is 5. The maximum absolute atomic E-state index is 6.80. The molecule has 8 nitrogen and oxygen atoms in total. The molecule has 0 radical (unpaired) electrons. The molecule has 8 heteroatoms. The molecule has 0 unspecified atom stereocenters. The molecule has 5 heterocycles. The molecule has 5 aromatic heterocycles. The summed E-state index contributed by atoms with van der Waals surface area (Å²) in [4.78, 5) is 25.6. The molecule has 0 amide bonds. The highest BCUT2D eigenvalue weighted by Gasteiger charge is 2.24. The summed E-state index contributed by atoms with van der Waals surface area (Å²) in [6.45, 7) is 0. The Bertz CT molecular complexity index is 3530. The zero-order valence-corrected chi connectivity index (χ0v) is 30.0. The van der Waals surface area contributed by atoms with Crippen LogP contribution in [-0.4, -0.2) is 24.9 Å². The first kappa shape index (κ1) is 31.4. The van der Waals surface area contributed by atoms with Crippen LogP contribution >= 0.6 is 0 Å². The molecular formula is C49H27N5O3. The van der Waals surface area contributed by atoms with Crippen LogP contribution in [0.25, 0.3) is 123 Å². The lowest BCUT2D eigenvalue weighted by atomic mass is 10.0. The van der Waals surface area contributed by atoms with Gasteiger partial charge >= 0.3 is 0 Å². The molecule has 266 valence electrons. The van der Waals surface area contributed by atoms with E-state index >= 15 is 0 Å². The van der Waals surface area contributed by atoms with E-state index in [4.69, 9.17) is 38.2 Å². The summed E-state index contributed by atoms with van der Waals surface area (Å²) in [7, 11) is 0. The van der Waals surface area contributed by atoms with Crippen molar-refractivity contribution in [1.82, 2.24) is 24.9 Å². The molecule has 0 N–H and O–H groups in total. The van der Waals surface area contributed by atoms with Gasteiger partial charge in [0, 0.05) is 49.2 Å². The van der Waals surface area contributed by atoms with Crippen LogP contribution < -0.4 is 0 Å². The summed E-state index contributed by atoms with van der Waals surface area (Å²) >= 11 is 0. The van der Waals surface area contributed by atoms with E-state index in [0.29, 0.717) is 45.7 Å². The van der Waals surface area contributed by atoms with Crippen LogP contribution in [0.5, 0.6) is 0 Å². The van der Waals surface area contributed by atoms with Gasteiger partial charge in [0.2, 0.25) is 0 Å². The number of hydrogen-bond acceptors (Lipinski definition) is 8. The number of rotatable bonds is 5. The minimum absolute atomic E-state index is 0.510. The number of benzene rings is 7. The van der Waals surface area contributed by atoms with Crippen molar-refractivity contribution < 1.29 is 13.3 Å². The molecule has 0 aliphatic carbocycles. The van der Waals surface area contributed by atoms with Crippen LogP contribution in [0.3, 0.4) is 0 Å². The number of para-hydroxylation sites is 4. The molecule has 7 aromatic carbocycles. The third kappa shape index (κ3) is 4.91. The lowest BCUT2D eigenvalue weighted by molar-refractivity contribution is 0.663. The third-order valence-electron chi connectivity index (χ3n) is 10.6. The Balaban J connectivity index is 1.11. The maximum Gasteiger partial charge on any atom is 0.180 e. The molecular weight excluding hydrogens is 707 g/mol. The van der Waals surface area contributed by atoms with Crippen LogP contribution in [0.4, 0.5) is 0 Å². The Morgan fingerprint density at radius 3 is 1.56 bits per heavy atom. The Morgan fingerprint density at radius 2 is 0.789 bits per heavy atom. The van der Waals surface area contributed by atoms with Crippen LogP contribution in [0.15, 0.2) is 177 Å². The standard InChI is InChI=1S/C49H27N5O3/c1-3-14-28(15-4-1)46-50-41-32-19-8-10-26-38(32)56-45(41)42(51-46)35-23-12-21-33-40-34(22-13-27-39(40)57-44(33)35)48-52-47(29-16-5-2-6-17-29)53-49(54-48)36-24-11-20-31-30-18-7-9-25-37(30)55-43(31)36/h1-27H. The average Bonchev–Trinajstić information content (AvgIpc) is 3.98. The Labute approximate surface area is 323 Å². The molecule has 0 spiro atoms. The highest BCUT2D eigenvalue weighted by molar-refractivity contribution is 6.17. The number of nitrogens with zero attached hydrogens (tertiary/aromatic N) is 5. The maximum atomic E-state index is 6.80. The van der Waals surface area contributed by atoms with Crippen molar-refractivity contribution >= 4 is 65.9 Å². The average molecular weight is 734 g/mol. The second-order valence-corrected chi connectivity index (χ2v) is 14.0. The largest absolute Gasteiger partial charge is 0.455 e. The van der Waals surface area contributed by atoms with Crippen molar-refractivity contribution in [3.8, 4) is 56.8 Å². The highest BCUT2D eigenvalue weighted by atomic mass is 16.3. The molecule has 0 aliphatic rings.